The summed E-state index contributed by atoms with van der Waals surface area (Å²) in [6.45, 7) is 0.704. The summed E-state index contributed by atoms with van der Waals surface area (Å²) in [4.78, 5) is 40.3. The van der Waals surface area contributed by atoms with E-state index in [1.54, 1.807) is 23.3 Å². The van der Waals surface area contributed by atoms with Gasteiger partial charge in [-0.3, -0.25) is 29.3 Å². The molecule has 0 unspecified atom stereocenters. The summed E-state index contributed by atoms with van der Waals surface area (Å²) < 4.78 is 7.98. The van der Waals surface area contributed by atoms with Crippen LogP contribution in [-0.2, 0) is 17.8 Å². The fourth-order valence-corrected chi connectivity index (χ4v) is 6.22. The van der Waals surface area contributed by atoms with Crippen molar-refractivity contribution in [3.05, 3.63) is 129 Å². The number of halogens is 2. The second-order valence-corrected chi connectivity index (χ2v) is 12.4. The number of carboxylic acids is 1. The molecule has 56 heavy (non-hydrogen) atoms. The van der Waals surface area contributed by atoms with Gasteiger partial charge in [-0.25, -0.2) is 9.59 Å². The molecule has 8 aromatic rings. The number of esters is 1. The van der Waals surface area contributed by atoms with E-state index >= 15 is 0 Å². The summed E-state index contributed by atoms with van der Waals surface area (Å²) in [5.74, 6) is -1.79. The Balaban J connectivity index is 0.000000236. The second-order valence-electron chi connectivity index (χ2n) is 11.6. The van der Waals surface area contributed by atoms with Crippen LogP contribution in [0.5, 0.6) is 0 Å². The standard InChI is InChI=1S/C19H12ClN5O2.C18H10ClN5O2.Li.2H2O/c1-27-19(26)18-17-13(6-21)7-22-9-16(17)25(24-18)10-11-2-3-15-12(4-11)5-14(20)8-23-15;19-13-4-11-3-10(1-2-14(11)22-7-13)9-24-15-8-21-6-12(5-20)16(15)17(23-24)18(25)26;;;/h2-5,7-9H,10H2,1H3;1-4,6-8H,9H2,(H,25,26);;2*1H2/q;;+1;;/p-1. The van der Waals surface area contributed by atoms with Crippen LogP contribution in [0.25, 0.3) is 43.6 Å². The number of fused-ring (bicyclic) bond motifs is 4. The Hall–Kier alpha value is -6.48. The third kappa shape index (κ3) is 8.27. The molecule has 0 saturated heterocycles. The van der Waals surface area contributed by atoms with E-state index in [0.717, 1.165) is 32.9 Å². The number of hydrogen-bond acceptors (Lipinski definition) is 12. The quantitative estimate of drug-likeness (QED) is 0.188. The van der Waals surface area contributed by atoms with Crippen LogP contribution in [0.3, 0.4) is 0 Å². The normalized spacial score (nSPS) is 10.3. The van der Waals surface area contributed by atoms with E-state index in [4.69, 9.17) is 27.9 Å². The second kappa shape index (κ2) is 17.8. The average molecular weight is 784 g/mol. The zero-order valence-corrected chi connectivity index (χ0v) is 30.9. The summed E-state index contributed by atoms with van der Waals surface area (Å²) in [7, 11) is 1.28. The molecule has 8 rings (SSSR count). The van der Waals surface area contributed by atoms with Crippen LogP contribution in [0, 0.1) is 22.7 Å². The number of carboxylic acid groups (broad SMARTS) is 1. The molecule has 0 aliphatic carbocycles. The molecule has 0 bridgehead atoms. The fraction of sp³-hybridized carbons (Fsp3) is 0.0811. The van der Waals surface area contributed by atoms with E-state index in [9.17, 15) is 25.2 Å². The SMILES string of the molecule is COC(=O)c1nn(Cc2ccc3ncc(Cl)cc3c2)c2cncc(C#N)c12.N#Cc1cncc2c1c(C(=O)O)nn2Cc1ccc2ncc(Cl)cc2c1.O.[Li+].[OH-]. The van der Waals surface area contributed by atoms with Crippen molar-refractivity contribution in [1.82, 2.24) is 39.5 Å². The first-order chi connectivity index (χ1) is 25.7. The van der Waals surface area contributed by atoms with E-state index in [1.807, 2.05) is 54.6 Å². The Kier molecular flexibility index (Phi) is 13.4. The molecule has 4 N–H and O–H groups in total. The van der Waals surface area contributed by atoms with Gasteiger partial charge in [0.15, 0.2) is 11.4 Å². The van der Waals surface area contributed by atoms with Crippen LogP contribution in [0.15, 0.2) is 85.7 Å². The van der Waals surface area contributed by atoms with Crippen molar-refractivity contribution in [2.45, 2.75) is 13.1 Å². The number of nitrogens with zero attached hydrogens (tertiary/aromatic N) is 10. The van der Waals surface area contributed by atoms with Gasteiger partial charge in [-0.2, -0.15) is 20.7 Å². The number of methoxy groups -OCH3 is 1. The molecule has 0 radical (unpaired) electrons. The van der Waals surface area contributed by atoms with Crippen molar-refractivity contribution in [1.29, 1.82) is 10.5 Å². The van der Waals surface area contributed by atoms with Gasteiger partial charge in [0.25, 0.3) is 0 Å². The summed E-state index contributed by atoms with van der Waals surface area (Å²) in [6, 6.07) is 19.1. The fourth-order valence-electron chi connectivity index (χ4n) is 5.89. The molecular formula is C37H25Cl2LiN10O6. The van der Waals surface area contributed by atoms with Crippen molar-refractivity contribution in [3.63, 3.8) is 0 Å². The monoisotopic (exact) mass is 782 g/mol. The molecule has 0 aliphatic rings. The van der Waals surface area contributed by atoms with Crippen LogP contribution in [0.4, 0.5) is 0 Å². The predicted octanol–water partition coefficient (Wildman–Crippen LogP) is 2.59. The van der Waals surface area contributed by atoms with E-state index < -0.39 is 11.9 Å². The molecule has 0 amide bonds. The number of nitriles is 2. The first kappa shape index (κ1) is 42.3. The van der Waals surface area contributed by atoms with Gasteiger partial charge in [0, 0.05) is 35.6 Å². The van der Waals surface area contributed by atoms with Gasteiger partial charge < -0.3 is 20.8 Å². The minimum absolute atomic E-state index is 0. The summed E-state index contributed by atoms with van der Waals surface area (Å²) in [6.07, 6.45) is 9.01. The van der Waals surface area contributed by atoms with E-state index in [-0.39, 0.29) is 52.3 Å². The smallest absolute Gasteiger partial charge is 0.870 e. The number of ether oxygens (including phenoxy) is 1. The summed E-state index contributed by atoms with van der Waals surface area (Å²) >= 11 is 12.0. The maximum absolute atomic E-state index is 12.1. The van der Waals surface area contributed by atoms with Crippen molar-refractivity contribution >= 4 is 78.8 Å². The Morgan fingerprint density at radius 2 is 1.18 bits per heavy atom. The maximum atomic E-state index is 12.1. The van der Waals surface area contributed by atoms with Crippen LogP contribution in [0.2, 0.25) is 10.0 Å². The third-order valence-electron chi connectivity index (χ3n) is 8.23. The predicted molar refractivity (Wildman–Crippen MR) is 200 cm³/mol. The van der Waals surface area contributed by atoms with Crippen molar-refractivity contribution < 1.29 is 49.2 Å². The molecule has 0 saturated carbocycles. The number of pyridine rings is 4. The molecule has 0 atom stereocenters. The van der Waals surface area contributed by atoms with Crippen molar-refractivity contribution in [2.24, 2.45) is 0 Å². The van der Waals surface area contributed by atoms with Gasteiger partial charge in [0.1, 0.15) is 12.1 Å². The Labute approximate surface area is 338 Å². The Morgan fingerprint density at radius 3 is 1.61 bits per heavy atom. The molecule has 16 nitrogen and oxygen atoms in total. The summed E-state index contributed by atoms with van der Waals surface area (Å²) in [5.41, 5.74) is 4.93. The van der Waals surface area contributed by atoms with Crippen molar-refractivity contribution in [3.8, 4) is 12.1 Å². The van der Waals surface area contributed by atoms with Gasteiger partial charge in [-0.1, -0.05) is 35.3 Å². The van der Waals surface area contributed by atoms with Gasteiger partial charge in [0.05, 0.1) is 86.6 Å². The minimum atomic E-state index is -1.19. The Bertz CT molecular complexity index is 2870. The summed E-state index contributed by atoms with van der Waals surface area (Å²) in [5, 5.41) is 40.2. The van der Waals surface area contributed by atoms with Gasteiger partial charge in [-0.05, 0) is 47.5 Å². The van der Waals surface area contributed by atoms with E-state index in [2.05, 4.69) is 36.2 Å². The average Bonchev–Trinajstić information content (AvgIpc) is 3.73. The van der Waals surface area contributed by atoms with E-state index in [0.29, 0.717) is 44.9 Å². The van der Waals surface area contributed by atoms with Crippen LogP contribution >= 0.6 is 23.2 Å². The van der Waals surface area contributed by atoms with Gasteiger partial charge in [-0.15, -0.1) is 0 Å². The first-order valence-corrected chi connectivity index (χ1v) is 16.3. The zero-order valence-electron chi connectivity index (χ0n) is 29.3. The molecule has 2 aromatic carbocycles. The van der Waals surface area contributed by atoms with Gasteiger partial charge >= 0.3 is 30.8 Å². The number of aromatic nitrogens is 8. The minimum Gasteiger partial charge on any atom is -0.870 e. The van der Waals surface area contributed by atoms with Crippen LogP contribution in [0.1, 0.15) is 43.2 Å². The van der Waals surface area contributed by atoms with E-state index in [1.165, 1.54) is 30.4 Å². The number of carbonyl (C=O) groups is 2. The molecule has 0 fully saturated rings. The molecule has 6 aromatic heterocycles. The van der Waals surface area contributed by atoms with Gasteiger partial charge in [0.2, 0.25) is 0 Å². The number of benzene rings is 2. The molecule has 274 valence electrons. The molecule has 6 heterocycles. The maximum Gasteiger partial charge on any atom is 1.00 e. The largest absolute Gasteiger partial charge is 1.00 e. The third-order valence-corrected chi connectivity index (χ3v) is 8.65. The number of carbonyl (C=O) groups excluding carboxylic acids is 1. The van der Waals surface area contributed by atoms with Crippen molar-refractivity contribution in [2.75, 3.05) is 7.11 Å². The first-order valence-electron chi connectivity index (χ1n) is 15.6. The zero-order chi connectivity index (χ0) is 37.2. The Morgan fingerprint density at radius 1 is 0.732 bits per heavy atom. The number of aromatic carboxylic acids is 1. The number of hydrogen-bond donors (Lipinski definition) is 1. The molecule has 0 aliphatic heterocycles. The topological polar surface area (TPSA) is 260 Å². The van der Waals surface area contributed by atoms with Crippen LogP contribution < -0.4 is 18.9 Å². The molecule has 0 spiro atoms. The number of rotatable bonds is 6. The molecular weight excluding hydrogens is 758 g/mol. The van der Waals surface area contributed by atoms with Crippen LogP contribution in [-0.4, -0.2) is 74.6 Å². The molecule has 19 heteroatoms.